The lowest BCUT2D eigenvalue weighted by atomic mass is 10.00. The Morgan fingerprint density at radius 2 is 0.769 bits per heavy atom. The summed E-state index contributed by atoms with van der Waals surface area (Å²) in [6, 6.07) is 1.11. The van der Waals surface area contributed by atoms with Crippen LogP contribution in [0.15, 0.2) is 11.4 Å². The Bertz CT molecular complexity index is 356. The van der Waals surface area contributed by atoms with Gasteiger partial charge in [0.05, 0.1) is 0 Å². The van der Waals surface area contributed by atoms with Crippen molar-refractivity contribution in [2.75, 3.05) is 0 Å². The van der Waals surface area contributed by atoms with Crippen molar-refractivity contribution in [3.63, 3.8) is 0 Å². The summed E-state index contributed by atoms with van der Waals surface area (Å²) in [4.78, 5) is 5.37. The Hall–Kier alpha value is -0.660. The molecule has 0 atom stereocenters. The van der Waals surface area contributed by atoms with E-state index >= 15 is 0 Å². The van der Waals surface area contributed by atoms with Crippen molar-refractivity contribution >= 4 is 0 Å². The third kappa shape index (κ3) is 7.53. The first-order valence-electron chi connectivity index (χ1n) is 11.1. The molecule has 0 bridgehead atoms. The quantitative estimate of drug-likeness (QED) is 0.492. The van der Waals surface area contributed by atoms with Gasteiger partial charge in [0.25, 0.3) is 0 Å². The van der Waals surface area contributed by atoms with Crippen molar-refractivity contribution in [1.82, 2.24) is 9.80 Å². The van der Waals surface area contributed by atoms with Crippen LogP contribution in [-0.2, 0) is 0 Å². The first-order valence-corrected chi connectivity index (χ1v) is 11.1. The summed E-state index contributed by atoms with van der Waals surface area (Å²) in [5, 5.41) is 0. The molecule has 1 aliphatic rings. The van der Waals surface area contributed by atoms with Crippen LogP contribution in [0.2, 0.25) is 0 Å². The normalized spacial score (nSPS) is 15.6. The predicted octanol–water partition coefficient (Wildman–Crippen LogP) is 7.62. The van der Waals surface area contributed by atoms with Gasteiger partial charge in [-0.15, -0.1) is 0 Å². The van der Waals surface area contributed by atoms with Crippen molar-refractivity contribution in [3.05, 3.63) is 11.4 Å². The summed E-state index contributed by atoms with van der Waals surface area (Å²) in [7, 11) is 0. The molecule has 0 aliphatic carbocycles. The average Bonchev–Trinajstić information content (AvgIpc) is 2.85. The Morgan fingerprint density at radius 1 is 0.538 bits per heavy atom. The molecule has 2 nitrogen and oxygen atoms in total. The maximum absolute atomic E-state index is 2.69. The molecule has 0 spiro atoms. The van der Waals surface area contributed by atoms with E-state index in [1.54, 1.807) is 11.4 Å². The van der Waals surface area contributed by atoms with Crippen LogP contribution < -0.4 is 0 Å². The highest BCUT2D eigenvalue weighted by atomic mass is 15.4. The van der Waals surface area contributed by atoms with E-state index < -0.39 is 0 Å². The number of allylic oxidation sites excluding steroid dienone is 2. The Morgan fingerprint density at radius 3 is 0.885 bits per heavy atom. The van der Waals surface area contributed by atoms with Gasteiger partial charge in [0, 0.05) is 23.5 Å². The van der Waals surface area contributed by atoms with Gasteiger partial charge in [-0.25, -0.2) is 0 Å². The molecule has 26 heavy (non-hydrogen) atoms. The second-order valence-electron chi connectivity index (χ2n) is 9.47. The average molecular weight is 369 g/mol. The van der Waals surface area contributed by atoms with E-state index in [-0.39, 0.29) is 0 Å². The van der Waals surface area contributed by atoms with E-state index in [4.69, 9.17) is 0 Å². The second-order valence-corrected chi connectivity index (χ2v) is 9.47. The summed E-state index contributed by atoms with van der Waals surface area (Å²) >= 11 is 0. The maximum atomic E-state index is 2.69. The molecule has 1 rings (SSSR count). The highest BCUT2D eigenvalue weighted by Gasteiger charge is 2.43. The molecule has 0 radical (unpaired) electrons. The van der Waals surface area contributed by atoms with Crippen molar-refractivity contribution in [2.24, 2.45) is 23.7 Å². The lowest BCUT2D eigenvalue weighted by Crippen LogP contribution is -2.49. The van der Waals surface area contributed by atoms with Gasteiger partial charge in [-0.2, -0.15) is 0 Å². The Labute approximate surface area is 167 Å². The fourth-order valence-corrected chi connectivity index (χ4v) is 3.68. The first-order chi connectivity index (χ1) is 11.8. The van der Waals surface area contributed by atoms with E-state index in [0.717, 1.165) is 5.92 Å². The molecule has 0 saturated heterocycles. The molecular formula is C24H52N2. The predicted molar refractivity (Wildman–Crippen MR) is 121 cm³/mol. The van der Waals surface area contributed by atoms with Crippen LogP contribution in [-0.4, -0.2) is 28.0 Å². The van der Waals surface area contributed by atoms with Gasteiger partial charge in [-0.05, 0) is 51.4 Å². The number of hydrogen-bond acceptors (Lipinski definition) is 2. The third-order valence-corrected chi connectivity index (χ3v) is 4.19. The maximum Gasteiger partial charge on any atom is 0.104 e. The van der Waals surface area contributed by atoms with E-state index in [9.17, 15) is 0 Å². The van der Waals surface area contributed by atoms with Crippen molar-refractivity contribution in [2.45, 2.75) is 122 Å². The SMILES string of the molecule is CC.CC(C)C.CC(C)C1=C(C(C)C)N(C(C)C)C(C(C)C)N1C(C)C. The molecule has 0 aromatic carbocycles. The molecule has 0 amide bonds. The zero-order valence-corrected chi connectivity index (χ0v) is 20.9. The standard InChI is InChI=1S/C18H36N2.C4H10.C2H6/c1-11(2)16-17(12(3)4)20(15(9)10)18(13(5)6)19(16)14(7)8;1-4(2)3;1-2/h11-15,18H,1-10H3;4H,1-3H3;1-2H3. The molecule has 0 N–H and O–H groups in total. The van der Waals surface area contributed by atoms with Gasteiger partial charge < -0.3 is 9.80 Å². The summed E-state index contributed by atoms with van der Waals surface area (Å²) in [5.41, 5.74) is 3.14. The number of rotatable bonds is 5. The smallest absolute Gasteiger partial charge is 0.104 e. The molecule has 0 aromatic heterocycles. The van der Waals surface area contributed by atoms with E-state index in [1.807, 2.05) is 13.8 Å². The zero-order valence-electron chi connectivity index (χ0n) is 20.9. The molecule has 0 saturated carbocycles. The van der Waals surface area contributed by atoms with Gasteiger partial charge in [-0.3, -0.25) is 0 Å². The Kier molecular flexibility index (Phi) is 13.4. The lowest BCUT2D eigenvalue weighted by molar-refractivity contribution is 0.0473. The van der Waals surface area contributed by atoms with Crippen LogP contribution in [0.3, 0.4) is 0 Å². The highest BCUT2D eigenvalue weighted by molar-refractivity contribution is 5.25. The van der Waals surface area contributed by atoms with Gasteiger partial charge in [-0.1, -0.05) is 76.2 Å². The second kappa shape index (κ2) is 12.7. The van der Waals surface area contributed by atoms with Crippen LogP contribution in [0.25, 0.3) is 0 Å². The third-order valence-electron chi connectivity index (χ3n) is 4.19. The van der Waals surface area contributed by atoms with Gasteiger partial charge in [0.15, 0.2) is 0 Å². The number of hydrogen-bond donors (Lipinski definition) is 0. The molecule has 1 aliphatic heterocycles. The number of nitrogens with zero attached hydrogens (tertiary/aromatic N) is 2. The first kappa shape index (κ1) is 27.6. The van der Waals surface area contributed by atoms with Crippen molar-refractivity contribution < 1.29 is 0 Å². The molecule has 0 fully saturated rings. The Balaban J connectivity index is 0. The monoisotopic (exact) mass is 368 g/mol. The van der Waals surface area contributed by atoms with Crippen molar-refractivity contribution in [1.29, 1.82) is 0 Å². The van der Waals surface area contributed by atoms with Crippen LogP contribution in [0.5, 0.6) is 0 Å². The van der Waals surface area contributed by atoms with Crippen LogP contribution in [0, 0.1) is 23.7 Å². The van der Waals surface area contributed by atoms with Crippen LogP contribution >= 0.6 is 0 Å². The summed E-state index contributed by atoms with van der Waals surface area (Å²) in [5.74, 6) is 2.63. The molecule has 0 unspecified atom stereocenters. The topological polar surface area (TPSA) is 6.48 Å². The summed E-state index contributed by atoms with van der Waals surface area (Å²) in [6.45, 7) is 33.9. The largest absolute Gasteiger partial charge is 0.350 e. The van der Waals surface area contributed by atoms with E-state index in [2.05, 4.69) is 99.8 Å². The van der Waals surface area contributed by atoms with Gasteiger partial charge in [0.2, 0.25) is 0 Å². The fourth-order valence-electron chi connectivity index (χ4n) is 3.68. The van der Waals surface area contributed by atoms with Gasteiger partial charge in [0.1, 0.15) is 6.17 Å². The molecule has 158 valence electrons. The van der Waals surface area contributed by atoms with Crippen molar-refractivity contribution in [3.8, 4) is 0 Å². The molecular weight excluding hydrogens is 316 g/mol. The molecule has 0 aromatic rings. The minimum atomic E-state index is 0.504. The summed E-state index contributed by atoms with van der Waals surface area (Å²) in [6.07, 6.45) is 0.504. The van der Waals surface area contributed by atoms with E-state index in [1.165, 1.54) is 0 Å². The van der Waals surface area contributed by atoms with Crippen LogP contribution in [0.4, 0.5) is 0 Å². The van der Waals surface area contributed by atoms with E-state index in [0.29, 0.717) is 36.0 Å². The lowest BCUT2D eigenvalue weighted by Gasteiger charge is -2.42. The molecule has 2 heteroatoms. The van der Waals surface area contributed by atoms with Crippen LogP contribution in [0.1, 0.15) is 104 Å². The highest BCUT2D eigenvalue weighted by Crippen LogP contribution is 2.42. The van der Waals surface area contributed by atoms with Gasteiger partial charge >= 0.3 is 0 Å². The fraction of sp³-hybridized carbons (Fsp3) is 0.917. The molecule has 1 heterocycles. The minimum Gasteiger partial charge on any atom is -0.350 e. The summed E-state index contributed by atoms with van der Waals surface area (Å²) < 4.78 is 0. The zero-order chi connectivity index (χ0) is 21.4. The minimum absolute atomic E-state index is 0.504.